The van der Waals surface area contributed by atoms with Crippen LogP contribution in [-0.2, 0) is 6.42 Å². The van der Waals surface area contributed by atoms with Crippen molar-refractivity contribution < 1.29 is 4.92 Å². The summed E-state index contributed by atoms with van der Waals surface area (Å²) < 4.78 is 0. The number of nitro groups is 1. The lowest BCUT2D eigenvalue weighted by molar-refractivity contribution is -0.385. The maximum Gasteiger partial charge on any atom is 0.272 e. The summed E-state index contributed by atoms with van der Waals surface area (Å²) in [5.41, 5.74) is 1.13. The van der Waals surface area contributed by atoms with E-state index in [1.807, 2.05) is 19.2 Å². The molecule has 3 unspecified atom stereocenters. The van der Waals surface area contributed by atoms with Crippen molar-refractivity contribution in [3.8, 4) is 0 Å². The highest BCUT2D eigenvalue weighted by Gasteiger charge is 2.27. The molecule has 1 N–H and O–H groups in total. The summed E-state index contributed by atoms with van der Waals surface area (Å²) in [4.78, 5) is 10.8. The van der Waals surface area contributed by atoms with Crippen molar-refractivity contribution in [1.29, 1.82) is 0 Å². The molecule has 0 aliphatic heterocycles. The van der Waals surface area contributed by atoms with Gasteiger partial charge in [0.2, 0.25) is 0 Å². The number of benzene rings is 1. The average molecular weight is 276 g/mol. The normalized spacial score (nSPS) is 26.4. The Morgan fingerprint density at radius 1 is 1.35 bits per heavy atom. The van der Waals surface area contributed by atoms with Crippen LogP contribution in [0.15, 0.2) is 24.3 Å². The molecule has 4 nitrogen and oxygen atoms in total. The van der Waals surface area contributed by atoms with E-state index in [1.165, 1.54) is 19.3 Å². The van der Waals surface area contributed by atoms with Crippen LogP contribution < -0.4 is 5.32 Å². The van der Waals surface area contributed by atoms with Gasteiger partial charge in [-0.2, -0.15) is 0 Å². The van der Waals surface area contributed by atoms with Crippen LogP contribution >= 0.6 is 0 Å². The molecule has 3 atom stereocenters. The predicted molar refractivity (Wildman–Crippen MR) is 80.8 cm³/mol. The number of nitrogens with zero attached hydrogens (tertiary/aromatic N) is 1. The first-order valence-corrected chi connectivity index (χ1v) is 7.51. The van der Waals surface area contributed by atoms with Gasteiger partial charge >= 0.3 is 0 Å². The highest BCUT2D eigenvalue weighted by molar-refractivity contribution is 5.39. The van der Waals surface area contributed by atoms with Gasteiger partial charge in [0, 0.05) is 17.7 Å². The van der Waals surface area contributed by atoms with E-state index in [2.05, 4.69) is 12.2 Å². The van der Waals surface area contributed by atoms with Crippen LogP contribution in [0.5, 0.6) is 0 Å². The van der Waals surface area contributed by atoms with Crippen LogP contribution in [0.1, 0.15) is 38.2 Å². The molecule has 0 radical (unpaired) electrons. The topological polar surface area (TPSA) is 55.2 Å². The average Bonchev–Trinajstić information content (AvgIpc) is 2.45. The van der Waals surface area contributed by atoms with E-state index in [0.717, 1.165) is 24.3 Å². The van der Waals surface area contributed by atoms with Crippen molar-refractivity contribution in [3.05, 3.63) is 39.9 Å². The minimum atomic E-state index is -0.269. The van der Waals surface area contributed by atoms with Gasteiger partial charge in [-0.3, -0.25) is 10.1 Å². The smallest absolute Gasteiger partial charge is 0.272 e. The Hall–Kier alpha value is -1.42. The molecule has 1 saturated carbocycles. The molecular formula is C16H24N2O2. The Kier molecular flexibility index (Phi) is 5.12. The van der Waals surface area contributed by atoms with Gasteiger partial charge in [0.1, 0.15) is 0 Å². The molecule has 1 aromatic carbocycles. The molecule has 20 heavy (non-hydrogen) atoms. The monoisotopic (exact) mass is 276 g/mol. The zero-order valence-corrected chi connectivity index (χ0v) is 12.3. The van der Waals surface area contributed by atoms with Crippen molar-refractivity contribution in [1.82, 2.24) is 5.32 Å². The summed E-state index contributed by atoms with van der Waals surface area (Å²) in [5, 5.41) is 14.5. The van der Waals surface area contributed by atoms with E-state index in [0.29, 0.717) is 12.0 Å². The lowest BCUT2D eigenvalue weighted by atomic mass is 9.76. The highest BCUT2D eigenvalue weighted by atomic mass is 16.6. The second-order valence-electron chi connectivity index (χ2n) is 6.00. The summed E-state index contributed by atoms with van der Waals surface area (Å²) in [6, 6.07) is 7.68. The molecule has 1 aliphatic carbocycles. The van der Waals surface area contributed by atoms with Gasteiger partial charge in [0.05, 0.1) is 4.92 Å². The summed E-state index contributed by atoms with van der Waals surface area (Å²) >= 11 is 0. The maximum atomic E-state index is 11.0. The van der Waals surface area contributed by atoms with E-state index in [-0.39, 0.29) is 10.6 Å². The van der Waals surface area contributed by atoms with Gasteiger partial charge in [0.15, 0.2) is 0 Å². The molecule has 4 heteroatoms. The van der Waals surface area contributed by atoms with Crippen molar-refractivity contribution in [2.24, 2.45) is 11.8 Å². The molecule has 1 aliphatic rings. The molecule has 1 aromatic rings. The second-order valence-corrected chi connectivity index (χ2v) is 6.00. The largest absolute Gasteiger partial charge is 0.317 e. The number of para-hydroxylation sites is 1. The summed E-state index contributed by atoms with van der Waals surface area (Å²) in [5.74, 6) is 1.40. The van der Waals surface area contributed by atoms with Gasteiger partial charge in [-0.05, 0) is 51.0 Å². The Morgan fingerprint density at radius 3 is 2.80 bits per heavy atom. The molecule has 2 rings (SSSR count). The number of hydrogen-bond donors (Lipinski definition) is 1. The number of aryl methyl sites for hydroxylation is 1. The minimum Gasteiger partial charge on any atom is -0.317 e. The molecule has 1 fully saturated rings. The van der Waals surface area contributed by atoms with E-state index >= 15 is 0 Å². The molecule has 110 valence electrons. The van der Waals surface area contributed by atoms with Crippen molar-refractivity contribution in [3.63, 3.8) is 0 Å². The van der Waals surface area contributed by atoms with Crippen LogP contribution in [0.4, 0.5) is 5.69 Å². The van der Waals surface area contributed by atoms with Crippen molar-refractivity contribution in [2.45, 2.75) is 45.1 Å². The van der Waals surface area contributed by atoms with E-state index in [4.69, 9.17) is 0 Å². The molecule has 0 aromatic heterocycles. The predicted octanol–water partition coefficient (Wildman–Crippen LogP) is 3.55. The zero-order chi connectivity index (χ0) is 14.5. The van der Waals surface area contributed by atoms with Crippen LogP contribution in [0.2, 0.25) is 0 Å². The number of rotatable bonds is 5. The fourth-order valence-electron chi connectivity index (χ4n) is 3.44. The van der Waals surface area contributed by atoms with Crippen LogP contribution in [0, 0.1) is 22.0 Å². The SMILES string of the molecule is CNC1CCC(C)CC1CCc1ccccc1[N+](=O)[O-]. The van der Waals surface area contributed by atoms with Crippen LogP contribution in [0.25, 0.3) is 0 Å². The molecule has 0 bridgehead atoms. The first-order chi connectivity index (χ1) is 9.61. The van der Waals surface area contributed by atoms with E-state index in [9.17, 15) is 10.1 Å². The quantitative estimate of drug-likeness (QED) is 0.661. The van der Waals surface area contributed by atoms with Crippen molar-refractivity contribution in [2.75, 3.05) is 7.05 Å². The van der Waals surface area contributed by atoms with Gasteiger partial charge in [0.25, 0.3) is 5.69 Å². The molecule has 0 amide bonds. The Morgan fingerprint density at radius 2 is 2.10 bits per heavy atom. The number of nitrogens with one attached hydrogen (secondary N) is 1. The standard InChI is InChI=1S/C16H24N2O2/c1-12-7-10-15(17-2)14(11-12)9-8-13-5-3-4-6-16(13)18(19)20/h3-6,12,14-15,17H,7-11H2,1-2H3. The molecule has 0 saturated heterocycles. The Labute approximate surface area is 120 Å². The molecule has 0 spiro atoms. The summed E-state index contributed by atoms with van der Waals surface area (Å²) in [6.45, 7) is 2.31. The Balaban J connectivity index is 2.02. The minimum absolute atomic E-state index is 0.261. The summed E-state index contributed by atoms with van der Waals surface area (Å²) in [7, 11) is 2.03. The number of nitro benzene ring substituents is 1. The third-order valence-electron chi connectivity index (χ3n) is 4.59. The fraction of sp³-hybridized carbons (Fsp3) is 0.625. The molecule has 0 heterocycles. The van der Waals surface area contributed by atoms with Gasteiger partial charge in [-0.1, -0.05) is 25.1 Å². The summed E-state index contributed by atoms with van der Waals surface area (Å²) in [6.07, 6.45) is 5.56. The van der Waals surface area contributed by atoms with Gasteiger partial charge in [-0.25, -0.2) is 0 Å². The van der Waals surface area contributed by atoms with Crippen LogP contribution in [-0.4, -0.2) is 18.0 Å². The third-order valence-corrected chi connectivity index (χ3v) is 4.59. The van der Waals surface area contributed by atoms with Gasteiger partial charge in [-0.15, -0.1) is 0 Å². The van der Waals surface area contributed by atoms with E-state index < -0.39 is 0 Å². The van der Waals surface area contributed by atoms with E-state index in [1.54, 1.807) is 12.1 Å². The van der Waals surface area contributed by atoms with Crippen molar-refractivity contribution >= 4 is 5.69 Å². The lowest BCUT2D eigenvalue weighted by Gasteiger charge is -2.34. The molecular weight excluding hydrogens is 252 g/mol. The Bertz CT molecular complexity index is 462. The maximum absolute atomic E-state index is 11.0. The zero-order valence-electron chi connectivity index (χ0n) is 12.3. The highest BCUT2D eigenvalue weighted by Crippen LogP contribution is 2.32. The second kappa shape index (κ2) is 6.84. The fourth-order valence-corrected chi connectivity index (χ4v) is 3.44. The number of hydrogen-bond acceptors (Lipinski definition) is 3. The van der Waals surface area contributed by atoms with Gasteiger partial charge < -0.3 is 5.32 Å². The van der Waals surface area contributed by atoms with Crippen LogP contribution in [0.3, 0.4) is 0 Å². The first-order valence-electron chi connectivity index (χ1n) is 7.51. The first kappa shape index (κ1) is 15.0. The lowest BCUT2D eigenvalue weighted by Crippen LogP contribution is -2.38. The third kappa shape index (κ3) is 3.57.